The summed E-state index contributed by atoms with van der Waals surface area (Å²) in [6.45, 7) is 12.5. The van der Waals surface area contributed by atoms with Crippen LogP contribution in [0.15, 0.2) is 30.3 Å². The molecule has 3 nitrogen and oxygen atoms in total. The Morgan fingerprint density at radius 2 is 1.82 bits per heavy atom. The second-order valence-electron chi connectivity index (χ2n) is 7.43. The monoisotopic (exact) mass is 321 g/mol. The SMILES string of the molecule is CCCCC(NC(=O)OC(C)(C)C)[Si](C)(C)c1ccccc1. The molecule has 0 bridgehead atoms. The highest BCUT2D eigenvalue weighted by Crippen LogP contribution is 2.16. The van der Waals surface area contributed by atoms with Crippen molar-refractivity contribution in [1.82, 2.24) is 5.32 Å². The van der Waals surface area contributed by atoms with Crippen molar-refractivity contribution in [3.8, 4) is 0 Å². The molecule has 0 spiro atoms. The summed E-state index contributed by atoms with van der Waals surface area (Å²) < 4.78 is 5.45. The summed E-state index contributed by atoms with van der Waals surface area (Å²) in [5.41, 5.74) is -0.276. The van der Waals surface area contributed by atoms with Crippen LogP contribution in [0.3, 0.4) is 0 Å². The molecule has 22 heavy (non-hydrogen) atoms. The lowest BCUT2D eigenvalue weighted by Gasteiger charge is -2.34. The predicted octanol–water partition coefficient (Wildman–Crippen LogP) is 4.22. The van der Waals surface area contributed by atoms with Crippen LogP contribution in [-0.4, -0.2) is 25.4 Å². The smallest absolute Gasteiger partial charge is 0.407 e. The molecule has 0 saturated heterocycles. The molecule has 0 aromatic heterocycles. The zero-order valence-corrected chi connectivity index (χ0v) is 15.9. The normalized spacial score (nSPS) is 13.5. The minimum atomic E-state index is -1.80. The highest BCUT2D eigenvalue weighted by molar-refractivity contribution is 6.91. The van der Waals surface area contributed by atoms with Gasteiger partial charge in [0.05, 0.1) is 0 Å². The first kappa shape index (κ1) is 18.8. The largest absolute Gasteiger partial charge is 0.444 e. The van der Waals surface area contributed by atoms with Gasteiger partial charge in [0.2, 0.25) is 0 Å². The van der Waals surface area contributed by atoms with Crippen LogP contribution in [-0.2, 0) is 4.74 Å². The van der Waals surface area contributed by atoms with Gasteiger partial charge in [-0.3, -0.25) is 0 Å². The molecule has 0 aliphatic rings. The minimum absolute atomic E-state index is 0.185. The van der Waals surface area contributed by atoms with Crippen molar-refractivity contribution in [1.29, 1.82) is 0 Å². The fourth-order valence-corrected chi connectivity index (χ4v) is 5.40. The van der Waals surface area contributed by atoms with Gasteiger partial charge in [0, 0.05) is 5.67 Å². The lowest BCUT2D eigenvalue weighted by Crippen LogP contribution is -2.60. The molecule has 0 radical (unpaired) electrons. The number of carbonyl (C=O) groups is 1. The Balaban J connectivity index is 2.90. The number of benzene rings is 1. The summed E-state index contributed by atoms with van der Waals surface area (Å²) in [6, 6.07) is 10.6. The van der Waals surface area contributed by atoms with Crippen molar-refractivity contribution in [2.24, 2.45) is 0 Å². The first-order valence-corrected chi connectivity index (χ1v) is 11.3. The maximum atomic E-state index is 12.2. The number of ether oxygens (including phenoxy) is 1. The van der Waals surface area contributed by atoms with Crippen LogP contribution in [0.2, 0.25) is 13.1 Å². The van der Waals surface area contributed by atoms with Gasteiger partial charge >= 0.3 is 6.09 Å². The van der Waals surface area contributed by atoms with Gasteiger partial charge in [-0.2, -0.15) is 0 Å². The number of hydrogen-bond acceptors (Lipinski definition) is 2. The fourth-order valence-electron chi connectivity index (χ4n) is 2.54. The Bertz CT molecular complexity index is 466. The summed E-state index contributed by atoms with van der Waals surface area (Å²) in [5, 5.41) is 4.52. The number of carbonyl (C=O) groups excluding carboxylic acids is 1. The van der Waals surface area contributed by atoms with Gasteiger partial charge in [-0.15, -0.1) is 0 Å². The van der Waals surface area contributed by atoms with E-state index in [1.807, 2.05) is 26.8 Å². The molecule has 1 atom stereocenters. The summed E-state index contributed by atoms with van der Waals surface area (Å²) in [4.78, 5) is 12.2. The number of rotatable bonds is 6. The Morgan fingerprint density at radius 3 is 2.32 bits per heavy atom. The molecule has 1 unspecified atom stereocenters. The van der Waals surface area contributed by atoms with Crippen LogP contribution < -0.4 is 10.5 Å². The standard InChI is InChI=1S/C18H31NO2Si/c1-7-8-14-16(19-17(20)21-18(2,3)4)22(5,6)15-12-10-9-11-13-15/h9-13,16H,7-8,14H2,1-6H3,(H,19,20). The molecule has 0 saturated carbocycles. The molecular formula is C18H31NO2Si. The topological polar surface area (TPSA) is 38.3 Å². The number of nitrogens with one attached hydrogen (secondary N) is 1. The van der Waals surface area contributed by atoms with Gasteiger partial charge in [-0.05, 0) is 27.2 Å². The molecule has 0 aliphatic heterocycles. The van der Waals surface area contributed by atoms with E-state index in [0.29, 0.717) is 0 Å². The van der Waals surface area contributed by atoms with E-state index in [1.165, 1.54) is 5.19 Å². The molecule has 124 valence electrons. The van der Waals surface area contributed by atoms with Crippen molar-refractivity contribution < 1.29 is 9.53 Å². The highest BCUT2D eigenvalue weighted by Gasteiger charge is 2.35. The van der Waals surface area contributed by atoms with E-state index >= 15 is 0 Å². The number of hydrogen-bond donors (Lipinski definition) is 1. The Morgan fingerprint density at radius 1 is 1.23 bits per heavy atom. The van der Waals surface area contributed by atoms with E-state index < -0.39 is 13.7 Å². The Hall–Kier alpha value is -1.29. The van der Waals surface area contributed by atoms with Crippen LogP contribution in [0.25, 0.3) is 0 Å². The molecule has 1 aromatic carbocycles. The third-order valence-electron chi connectivity index (χ3n) is 3.93. The van der Waals surface area contributed by atoms with Crippen LogP contribution in [0.5, 0.6) is 0 Å². The lowest BCUT2D eigenvalue weighted by atomic mass is 10.2. The zero-order valence-electron chi connectivity index (χ0n) is 14.9. The van der Waals surface area contributed by atoms with Gasteiger partial charge in [0.1, 0.15) is 13.7 Å². The summed E-state index contributed by atoms with van der Waals surface area (Å²) >= 11 is 0. The first-order valence-electron chi connectivity index (χ1n) is 8.22. The number of amides is 1. The average Bonchev–Trinajstić information content (AvgIpc) is 2.42. The van der Waals surface area contributed by atoms with Gasteiger partial charge in [0.25, 0.3) is 0 Å². The summed E-state index contributed by atoms with van der Waals surface area (Å²) in [7, 11) is -1.80. The quantitative estimate of drug-likeness (QED) is 0.797. The summed E-state index contributed by atoms with van der Waals surface area (Å²) in [6.07, 6.45) is 2.95. The lowest BCUT2D eigenvalue weighted by molar-refractivity contribution is 0.0516. The highest BCUT2D eigenvalue weighted by atomic mass is 28.3. The first-order chi connectivity index (χ1) is 10.2. The van der Waals surface area contributed by atoms with Gasteiger partial charge in [-0.1, -0.05) is 68.4 Å². The molecule has 0 aliphatic carbocycles. The average molecular weight is 322 g/mol. The van der Waals surface area contributed by atoms with Crippen molar-refractivity contribution in [2.45, 2.75) is 71.3 Å². The van der Waals surface area contributed by atoms with E-state index in [1.54, 1.807) is 0 Å². The number of alkyl carbamates (subject to hydrolysis) is 1. The van der Waals surface area contributed by atoms with Crippen molar-refractivity contribution in [3.63, 3.8) is 0 Å². The maximum absolute atomic E-state index is 12.2. The van der Waals surface area contributed by atoms with E-state index in [-0.39, 0.29) is 11.8 Å². The van der Waals surface area contributed by atoms with Crippen LogP contribution in [0.4, 0.5) is 4.79 Å². The zero-order chi connectivity index (χ0) is 16.8. The Labute approximate surface area is 136 Å². The number of unbranched alkanes of at least 4 members (excludes halogenated alkanes) is 1. The van der Waals surface area contributed by atoms with E-state index in [9.17, 15) is 4.79 Å². The molecule has 0 heterocycles. The van der Waals surface area contributed by atoms with Crippen LogP contribution in [0.1, 0.15) is 47.0 Å². The Kier molecular flexibility index (Phi) is 6.66. The predicted molar refractivity (Wildman–Crippen MR) is 96.2 cm³/mol. The van der Waals surface area contributed by atoms with Crippen molar-refractivity contribution in [3.05, 3.63) is 30.3 Å². The molecule has 4 heteroatoms. The van der Waals surface area contributed by atoms with E-state index in [0.717, 1.165) is 19.3 Å². The minimum Gasteiger partial charge on any atom is -0.444 e. The fraction of sp³-hybridized carbons (Fsp3) is 0.611. The molecule has 1 rings (SSSR count). The van der Waals surface area contributed by atoms with E-state index in [2.05, 4.69) is 49.6 Å². The van der Waals surface area contributed by atoms with E-state index in [4.69, 9.17) is 4.74 Å². The second kappa shape index (κ2) is 7.81. The third kappa shape index (κ3) is 5.83. The molecule has 0 fully saturated rings. The van der Waals surface area contributed by atoms with Gasteiger partial charge < -0.3 is 10.1 Å². The summed E-state index contributed by atoms with van der Waals surface area (Å²) in [5.74, 6) is 0. The van der Waals surface area contributed by atoms with Gasteiger partial charge in [0.15, 0.2) is 0 Å². The molecular weight excluding hydrogens is 290 g/mol. The van der Waals surface area contributed by atoms with Crippen molar-refractivity contribution in [2.75, 3.05) is 0 Å². The molecule has 1 amide bonds. The molecule has 1 aromatic rings. The maximum Gasteiger partial charge on any atom is 0.407 e. The van der Waals surface area contributed by atoms with Crippen molar-refractivity contribution >= 4 is 19.4 Å². The van der Waals surface area contributed by atoms with Crippen LogP contribution in [0, 0.1) is 0 Å². The van der Waals surface area contributed by atoms with Crippen LogP contribution >= 0.6 is 0 Å². The third-order valence-corrected chi connectivity index (χ3v) is 7.92. The second-order valence-corrected chi connectivity index (χ2v) is 12.1. The van der Waals surface area contributed by atoms with Gasteiger partial charge in [-0.25, -0.2) is 4.79 Å². The molecule has 1 N–H and O–H groups in total.